The third-order valence-corrected chi connectivity index (χ3v) is 2.88. The van der Waals surface area contributed by atoms with Gasteiger partial charge in [0, 0.05) is 19.6 Å². The highest BCUT2D eigenvalue weighted by Crippen LogP contribution is 2.16. The summed E-state index contributed by atoms with van der Waals surface area (Å²) >= 11 is 0. The van der Waals surface area contributed by atoms with Gasteiger partial charge in [0.05, 0.1) is 12.6 Å². The zero-order valence-corrected chi connectivity index (χ0v) is 9.87. The van der Waals surface area contributed by atoms with Crippen molar-refractivity contribution in [3.63, 3.8) is 0 Å². The number of unbranched alkanes of at least 4 members (excludes halogenated alkanes) is 1. The summed E-state index contributed by atoms with van der Waals surface area (Å²) in [5, 5.41) is 12.6. The molecule has 0 aromatic heterocycles. The summed E-state index contributed by atoms with van der Waals surface area (Å²) in [5.74, 6) is -0.186. The van der Waals surface area contributed by atoms with Crippen LogP contribution >= 0.6 is 0 Å². The van der Waals surface area contributed by atoms with Gasteiger partial charge in [-0.15, -0.1) is 0 Å². The highest BCUT2D eigenvalue weighted by atomic mass is 16.5. The topological polar surface area (TPSA) is 84.6 Å². The Labute approximate surface area is 96.3 Å². The molecule has 0 aromatic carbocycles. The van der Waals surface area contributed by atoms with Crippen LogP contribution in [0.3, 0.4) is 0 Å². The second kappa shape index (κ2) is 6.18. The predicted octanol–water partition coefficient (Wildman–Crippen LogP) is -0.228. The molecule has 0 aliphatic carbocycles. The number of hydrogen-bond acceptors (Lipinski definition) is 4. The lowest BCUT2D eigenvalue weighted by molar-refractivity contribution is -0.123. The first-order valence-electron chi connectivity index (χ1n) is 5.91. The van der Waals surface area contributed by atoms with Gasteiger partial charge in [0.2, 0.25) is 5.91 Å². The number of ether oxygens (including phenoxy) is 1. The monoisotopic (exact) mass is 230 g/mol. The first-order valence-corrected chi connectivity index (χ1v) is 5.91. The molecule has 4 N–H and O–H groups in total. The maximum atomic E-state index is 11.6. The van der Waals surface area contributed by atoms with Gasteiger partial charge in [0.15, 0.2) is 0 Å². The molecule has 1 fully saturated rings. The molecule has 0 spiro atoms. The minimum absolute atomic E-state index is 0.186. The molecule has 94 valence electrons. The third-order valence-electron chi connectivity index (χ3n) is 2.88. The molecule has 0 radical (unpaired) electrons. The van der Waals surface area contributed by atoms with Crippen molar-refractivity contribution >= 4 is 5.91 Å². The van der Waals surface area contributed by atoms with E-state index < -0.39 is 11.6 Å². The van der Waals surface area contributed by atoms with Crippen molar-refractivity contribution in [2.45, 2.75) is 44.2 Å². The minimum atomic E-state index is -0.903. The Morgan fingerprint density at radius 2 is 2.44 bits per heavy atom. The van der Waals surface area contributed by atoms with Crippen LogP contribution in [0.2, 0.25) is 0 Å². The highest BCUT2D eigenvalue weighted by molar-refractivity contribution is 5.81. The molecule has 1 amide bonds. The molecular weight excluding hydrogens is 208 g/mol. The van der Waals surface area contributed by atoms with E-state index in [4.69, 9.17) is 10.5 Å². The maximum absolute atomic E-state index is 11.6. The van der Waals surface area contributed by atoms with Gasteiger partial charge in [0.25, 0.3) is 0 Å². The molecule has 0 saturated carbocycles. The number of nitrogens with one attached hydrogen (secondary N) is 1. The minimum Gasteiger partial charge on any atom is -0.386 e. The lowest BCUT2D eigenvalue weighted by Crippen LogP contribution is -2.48. The van der Waals surface area contributed by atoms with E-state index in [0.717, 1.165) is 12.8 Å². The quantitative estimate of drug-likeness (QED) is 0.588. The largest absolute Gasteiger partial charge is 0.386 e. The Bertz CT molecular complexity index is 227. The third kappa shape index (κ3) is 4.08. The lowest BCUT2D eigenvalue weighted by Gasteiger charge is -2.21. The molecule has 1 heterocycles. The lowest BCUT2D eigenvalue weighted by atomic mass is 10.0. The predicted molar refractivity (Wildman–Crippen MR) is 60.9 cm³/mol. The molecule has 0 bridgehead atoms. The van der Waals surface area contributed by atoms with Crippen LogP contribution in [0.4, 0.5) is 0 Å². The molecule has 1 rings (SSSR count). The van der Waals surface area contributed by atoms with Gasteiger partial charge < -0.3 is 20.9 Å². The Kier molecular flexibility index (Phi) is 5.18. The van der Waals surface area contributed by atoms with Crippen molar-refractivity contribution in [3.05, 3.63) is 0 Å². The SMILES string of the molecule is CCCC[C@H](N)C(=O)NCC1(O)CCOC1. The van der Waals surface area contributed by atoms with Crippen molar-refractivity contribution in [3.8, 4) is 0 Å². The number of carbonyl (C=O) groups is 1. The van der Waals surface area contributed by atoms with Gasteiger partial charge in [-0.05, 0) is 6.42 Å². The van der Waals surface area contributed by atoms with Crippen LogP contribution in [0.25, 0.3) is 0 Å². The molecule has 0 aromatic rings. The zero-order chi connectivity index (χ0) is 12.0. The van der Waals surface area contributed by atoms with Gasteiger partial charge in [-0.1, -0.05) is 19.8 Å². The zero-order valence-electron chi connectivity index (χ0n) is 9.87. The molecule has 1 unspecified atom stereocenters. The number of amides is 1. The van der Waals surface area contributed by atoms with Gasteiger partial charge >= 0.3 is 0 Å². The number of carbonyl (C=O) groups excluding carboxylic acids is 1. The molecule has 1 saturated heterocycles. The van der Waals surface area contributed by atoms with Crippen molar-refractivity contribution in [1.82, 2.24) is 5.32 Å². The van der Waals surface area contributed by atoms with Crippen molar-refractivity contribution in [1.29, 1.82) is 0 Å². The molecule has 5 nitrogen and oxygen atoms in total. The van der Waals surface area contributed by atoms with Crippen LogP contribution in [-0.4, -0.2) is 42.4 Å². The highest BCUT2D eigenvalue weighted by Gasteiger charge is 2.32. The van der Waals surface area contributed by atoms with Crippen LogP contribution in [0.15, 0.2) is 0 Å². The van der Waals surface area contributed by atoms with E-state index in [2.05, 4.69) is 12.2 Å². The van der Waals surface area contributed by atoms with Crippen molar-refractivity contribution < 1.29 is 14.6 Å². The Morgan fingerprint density at radius 3 is 3.00 bits per heavy atom. The summed E-state index contributed by atoms with van der Waals surface area (Å²) in [6.45, 7) is 3.13. The van der Waals surface area contributed by atoms with Crippen LogP contribution in [0.5, 0.6) is 0 Å². The average molecular weight is 230 g/mol. The number of rotatable bonds is 6. The van der Waals surface area contributed by atoms with Gasteiger partial charge in [0.1, 0.15) is 5.60 Å². The van der Waals surface area contributed by atoms with Crippen molar-refractivity contribution in [2.24, 2.45) is 5.73 Å². The summed E-state index contributed by atoms with van der Waals surface area (Å²) < 4.78 is 5.09. The van der Waals surface area contributed by atoms with Crippen LogP contribution < -0.4 is 11.1 Å². The van der Waals surface area contributed by atoms with E-state index in [1.165, 1.54) is 0 Å². The first-order chi connectivity index (χ1) is 7.57. The average Bonchev–Trinajstić information content (AvgIpc) is 2.70. The van der Waals surface area contributed by atoms with E-state index in [9.17, 15) is 9.90 Å². The van der Waals surface area contributed by atoms with E-state index in [-0.39, 0.29) is 19.1 Å². The Hall–Kier alpha value is -0.650. The van der Waals surface area contributed by atoms with E-state index in [0.29, 0.717) is 19.4 Å². The standard InChI is InChI=1S/C11H22N2O3/c1-2-3-4-9(12)10(14)13-7-11(15)5-6-16-8-11/h9,15H,2-8,12H2,1H3,(H,13,14)/t9-,11?/m0/s1. The van der Waals surface area contributed by atoms with E-state index >= 15 is 0 Å². The van der Waals surface area contributed by atoms with E-state index in [1.807, 2.05) is 0 Å². The molecule has 1 aliphatic rings. The Morgan fingerprint density at radius 1 is 1.69 bits per heavy atom. The number of hydrogen-bond donors (Lipinski definition) is 3. The van der Waals surface area contributed by atoms with E-state index in [1.54, 1.807) is 0 Å². The summed E-state index contributed by atoms with van der Waals surface area (Å²) in [6, 6.07) is -0.467. The Balaban J connectivity index is 2.23. The normalized spacial score (nSPS) is 26.7. The van der Waals surface area contributed by atoms with Crippen molar-refractivity contribution in [2.75, 3.05) is 19.8 Å². The summed E-state index contributed by atoms with van der Waals surface area (Å²) in [7, 11) is 0. The fourth-order valence-electron chi connectivity index (χ4n) is 1.67. The van der Waals surface area contributed by atoms with Crippen LogP contribution in [0, 0.1) is 0 Å². The van der Waals surface area contributed by atoms with Crippen LogP contribution in [-0.2, 0) is 9.53 Å². The van der Waals surface area contributed by atoms with Gasteiger partial charge in [-0.2, -0.15) is 0 Å². The second-order valence-corrected chi connectivity index (χ2v) is 4.49. The molecule has 1 aliphatic heterocycles. The second-order valence-electron chi connectivity index (χ2n) is 4.49. The summed E-state index contributed by atoms with van der Waals surface area (Å²) in [6.07, 6.45) is 3.23. The number of aliphatic hydroxyl groups is 1. The smallest absolute Gasteiger partial charge is 0.237 e. The summed E-state index contributed by atoms with van der Waals surface area (Å²) in [4.78, 5) is 11.6. The van der Waals surface area contributed by atoms with Gasteiger partial charge in [-0.3, -0.25) is 4.79 Å². The molecule has 5 heteroatoms. The molecular formula is C11H22N2O3. The van der Waals surface area contributed by atoms with Gasteiger partial charge in [-0.25, -0.2) is 0 Å². The fourth-order valence-corrected chi connectivity index (χ4v) is 1.67. The fraction of sp³-hybridized carbons (Fsp3) is 0.909. The summed E-state index contributed by atoms with van der Waals surface area (Å²) in [5.41, 5.74) is 4.80. The molecule has 2 atom stereocenters. The first kappa shape index (κ1) is 13.4. The molecule has 16 heavy (non-hydrogen) atoms. The maximum Gasteiger partial charge on any atom is 0.237 e. The van der Waals surface area contributed by atoms with Crippen LogP contribution in [0.1, 0.15) is 32.6 Å². The number of nitrogens with two attached hydrogens (primary N) is 1.